The maximum Gasteiger partial charge on any atom is 0.387 e. The van der Waals surface area contributed by atoms with Crippen molar-refractivity contribution in [3.8, 4) is 5.75 Å². The SMILES string of the molecule is O=C(CCc1ccc(OC(F)F)cc1)NC1(C(=O)O)CCSC1. The number of halogens is 2. The molecule has 0 spiro atoms. The zero-order valence-electron chi connectivity index (χ0n) is 12.3. The van der Waals surface area contributed by atoms with E-state index in [0.717, 1.165) is 5.56 Å². The van der Waals surface area contributed by atoms with Crippen molar-refractivity contribution < 1.29 is 28.2 Å². The second-order valence-corrected chi connectivity index (χ2v) is 6.37. The maximum absolute atomic E-state index is 12.0. The molecule has 0 aliphatic carbocycles. The number of nitrogens with one attached hydrogen (secondary N) is 1. The Morgan fingerprint density at radius 2 is 2.04 bits per heavy atom. The van der Waals surface area contributed by atoms with Crippen LogP contribution in [-0.2, 0) is 16.0 Å². The van der Waals surface area contributed by atoms with E-state index in [-0.39, 0.29) is 18.1 Å². The quantitative estimate of drug-likeness (QED) is 0.793. The summed E-state index contributed by atoms with van der Waals surface area (Å²) in [5, 5.41) is 11.9. The smallest absolute Gasteiger partial charge is 0.387 e. The zero-order valence-corrected chi connectivity index (χ0v) is 13.1. The highest BCUT2D eigenvalue weighted by Crippen LogP contribution is 2.28. The lowest BCUT2D eigenvalue weighted by atomic mass is 9.98. The van der Waals surface area contributed by atoms with E-state index in [4.69, 9.17) is 0 Å². The Balaban J connectivity index is 1.85. The van der Waals surface area contributed by atoms with E-state index in [2.05, 4.69) is 10.1 Å². The first-order valence-electron chi connectivity index (χ1n) is 7.07. The van der Waals surface area contributed by atoms with Crippen LogP contribution in [0, 0.1) is 0 Å². The van der Waals surface area contributed by atoms with Crippen molar-refractivity contribution in [2.75, 3.05) is 11.5 Å². The molecule has 2 N–H and O–H groups in total. The highest BCUT2D eigenvalue weighted by atomic mass is 32.2. The van der Waals surface area contributed by atoms with Gasteiger partial charge in [-0.2, -0.15) is 20.5 Å². The largest absolute Gasteiger partial charge is 0.479 e. The summed E-state index contributed by atoms with van der Waals surface area (Å²) < 4.78 is 28.3. The standard InChI is InChI=1S/C15H17F2NO4S/c16-14(17)22-11-4-1-10(2-5-11)3-6-12(19)18-15(13(20)21)7-8-23-9-15/h1-2,4-5,14H,3,6-9H2,(H,18,19)(H,20,21). The second kappa shape index (κ2) is 7.63. The summed E-state index contributed by atoms with van der Waals surface area (Å²) in [7, 11) is 0. The van der Waals surface area contributed by atoms with Gasteiger partial charge in [-0.05, 0) is 36.3 Å². The molecule has 0 saturated carbocycles. The number of carboxylic acids is 1. The third-order valence-electron chi connectivity index (χ3n) is 3.60. The Morgan fingerprint density at radius 3 is 2.57 bits per heavy atom. The minimum Gasteiger partial charge on any atom is -0.479 e. The van der Waals surface area contributed by atoms with Crippen LogP contribution in [0.3, 0.4) is 0 Å². The van der Waals surface area contributed by atoms with Gasteiger partial charge in [0.25, 0.3) is 0 Å². The Kier molecular flexibility index (Phi) is 5.81. The number of carbonyl (C=O) groups is 2. The lowest BCUT2D eigenvalue weighted by Gasteiger charge is -2.24. The average molecular weight is 345 g/mol. The number of carbonyl (C=O) groups excluding carboxylic acids is 1. The van der Waals surface area contributed by atoms with Gasteiger partial charge in [0.2, 0.25) is 5.91 Å². The fourth-order valence-corrected chi connectivity index (χ4v) is 3.64. The van der Waals surface area contributed by atoms with Crippen molar-refractivity contribution in [3.05, 3.63) is 29.8 Å². The van der Waals surface area contributed by atoms with Crippen LogP contribution in [0.15, 0.2) is 24.3 Å². The van der Waals surface area contributed by atoms with Gasteiger partial charge in [0, 0.05) is 12.2 Å². The molecule has 0 bridgehead atoms. The summed E-state index contributed by atoms with van der Waals surface area (Å²) in [6, 6.07) is 6.02. The van der Waals surface area contributed by atoms with Crippen LogP contribution in [0.2, 0.25) is 0 Å². The summed E-state index contributed by atoms with van der Waals surface area (Å²) in [5.41, 5.74) is -0.386. The molecule has 1 aliphatic heterocycles. The molecule has 1 saturated heterocycles. The first-order chi connectivity index (χ1) is 10.9. The second-order valence-electron chi connectivity index (χ2n) is 5.26. The number of carboxylic acid groups (broad SMARTS) is 1. The summed E-state index contributed by atoms with van der Waals surface area (Å²) >= 11 is 1.50. The monoisotopic (exact) mass is 345 g/mol. The molecule has 5 nitrogen and oxygen atoms in total. The molecule has 126 valence electrons. The number of alkyl halides is 2. The molecule has 1 aliphatic rings. The van der Waals surface area contributed by atoms with Crippen LogP contribution in [0.5, 0.6) is 5.75 Å². The Labute approximate surface area is 136 Å². The number of hydrogen-bond donors (Lipinski definition) is 2. The van der Waals surface area contributed by atoms with Gasteiger partial charge in [0.05, 0.1) is 0 Å². The fraction of sp³-hybridized carbons (Fsp3) is 0.467. The van der Waals surface area contributed by atoms with Crippen molar-refractivity contribution in [2.24, 2.45) is 0 Å². The molecule has 23 heavy (non-hydrogen) atoms. The van der Waals surface area contributed by atoms with E-state index in [1.54, 1.807) is 12.1 Å². The van der Waals surface area contributed by atoms with Crippen LogP contribution < -0.4 is 10.1 Å². The topological polar surface area (TPSA) is 75.6 Å². The van der Waals surface area contributed by atoms with Crippen LogP contribution in [-0.4, -0.2) is 40.6 Å². The van der Waals surface area contributed by atoms with Gasteiger partial charge in [-0.15, -0.1) is 0 Å². The number of aliphatic carboxylic acids is 1. The van der Waals surface area contributed by atoms with Crippen molar-refractivity contribution in [1.29, 1.82) is 0 Å². The molecule has 1 atom stereocenters. The average Bonchev–Trinajstić information content (AvgIpc) is 2.96. The molecule has 1 aromatic rings. The Bertz CT molecular complexity index is 559. The van der Waals surface area contributed by atoms with E-state index in [1.165, 1.54) is 23.9 Å². The fourth-order valence-electron chi connectivity index (χ4n) is 2.31. The predicted octanol–water partition coefficient (Wildman–Crippen LogP) is 2.30. The van der Waals surface area contributed by atoms with Gasteiger partial charge < -0.3 is 15.2 Å². The number of rotatable bonds is 7. The molecule has 0 radical (unpaired) electrons. The van der Waals surface area contributed by atoms with Crippen LogP contribution in [0.4, 0.5) is 8.78 Å². The number of hydrogen-bond acceptors (Lipinski definition) is 4. The first-order valence-corrected chi connectivity index (χ1v) is 8.23. The van der Waals surface area contributed by atoms with Gasteiger partial charge in [-0.25, -0.2) is 4.79 Å². The minimum absolute atomic E-state index is 0.0565. The van der Waals surface area contributed by atoms with E-state index in [9.17, 15) is 23.5 Å². The molecular formula is C15H17F2NO4S. The summed E-state index contributed by atoms with van der Waals surface area (Å²) in [6.45, 7) is -2.87. The Morgan fingerprint density at radius 1 is 1.35 bits per heavy atom. The van der Waals surface area contributed by atoms with Gasteiger partial charge >= 0.3 is 12.6 Å². The molecule has 1 unspecified atom stereocenters. The minimum atomic E-state index is -2.87. The number of ether oxygens (including phenoxy) is 1. The number of thioether (sulfide) groups is 1. The van der Waals surface area contributed by atoms with E-state index in [1.807, 2.05) is 0 Å². The highest BCUT2D eigenvalue weighted by molar-refractivity contribution is 7.99. The van der Waals surface area contributed by atoms with Crippen molar-refractivity contribution >= 4 is 23.6 Å². The molecule has 1 amide bonds. The first kappa shape index (κ1) is 17.5. The molecule has 1 fully saturated rings. The summed E-state index contributed by atoms with van der Waals surface area (Å²) in [5.74, 6) is -0.209. The van der Waals surface area contributed by atoms with Crippen LogP contribution in [0.1, 0.15) is 18.4 Å². The van der Waals surface area contributed by atoms with Crippen LogP contribution in [0.25, 0.3) is 0 Å². The Hall–Kier alpha value is -1.83. The van der Waals surface area contributed by atoms with Gasteiger partial charge in [-0.3, -0.25) is 4.79 Å². The lowest BCUT2D eigenvalue weighted by Crippen LogP contribution is -2.54. The number of amides is 1. The zero-order chi connectivity index (χ0) is 16.9. The third-order valence-corrected chi connectivity index (χ3v) is 4.79. The van der Waals surface area contributed by atoms with Gasteiger partial charge in [0.15, 0.2) is 0 Å². The molecule has 0 aromatic heterocycles. The van der Waals surface area contributed by atoms with E-state index in [0.29, 0.717) is 24.3 Å². The van der Waals surface area contributed by atoms with E-state index >= 15 is 0 Å². The van der Waals surface area contributed by atoms with Crippen LogP contribution >= 0.6 is 11.8 Å². The van der Waals surface area contributed by atoms with Gasteiger partial charge in [0.1, 0.15) is 11.3 Å². The normalized spacial score (nSPS) is 20.5. The molecule has 8 heteroatoms. The molecule has 1 heterocycles. The lowest BCUT2D eigenvalue weighted by molar-refractivity contribution is -0.146. The van der Waals surface area contributed by atoms with Crippen molar-refractivity contribution in [1.82, 2.24) is 5.32 Å². The molecular weight excluding hydrogens is 328 g/mol. The summed E-state index contributed by atoms with van der Waals surface area (Å²) in [6.07, 6.45) is 0.941. The number of benzene rings is 1. The predicted molar refractivity (Wildman–Crippen MR) is 81.8 cm³/mol. The highest BCUT2D eigenvalue weighted by Gasteiger charge is 2.43. The van der Waals surface area contributed by atoms with Gasteiger partial charge in [-0.1, -0.05) is 12.1 Å². The maximum atomic E-state index is 12.0. The summed E-state index contributed by atoms with van der Waals surface area (Å²) in [4.78, 5) is 23.3. The number of aryl methyl sites for hydroxylation is 1. The van der Waals surface area contributed by atoms with Crippen molar-refractivity contribution in [3.63, 3.8) is 0 Å². The van der Waals surface area contributed by atoms with E-state index < -0.39 is 18.1 Å². The third kappa shape index (κ3) is 4.82. The van der Waals surface area contributed by atoms with Crippen molar-refractivity contribution in [2.45, 2.75) is 31.4 Å². The molecule has 2 rings (SSSR count). The molecule has 1 aromatic carbocycles.